The molecule has 1 aliphatic heterocycles. The molecule has 0 atom stereocenters. The highest BCUT2D eigenvalue weighted by Gasteiger charge is 2.34. The van der Waals surface area contributed by atoms with Crippen LogP contribution in [-0.2, 0) is 14.3 Å². The van der Waals surface area contributed by atoms with E-state index in [-0.39, 0.29) is 18.6 Å². The van der Waals surface area contributed by atoms with Crippen molar-refractivity contribution in [3.05, 3.63) is 56.9 Å². The first kappa shape index (κ1) is 24.4. The Morgan fingerprint density at radius 3 is 2.59 bits per heavy atom. The lowest BCUT2D eigenvalue weighted by Crippen LogP contribution is -2.27. The maximum Gasteiger partial charge on any atom is 0.344 e. The summed E-state index contributed by atoms with van der Waals surface area (Å²) in [7, 11) is 1.49. The van der Waals surface area contributed by atoms with Gasteiger partial charge in [0.25, 0.3) is 5.91 Å². The Hall–Kier alpha value is -2.26. The average molecular weight is 512 g/mol. The number of thiocarbonyl (C=S) groups is 1. The zero-order valence-corrected chi connectivity index (χ0v) is 20.5. The van der Waals surface area contributed by atoms with Crippen LogP contribution >= 0.6 is 47.2 Å². The zero-order chi connectivity index (χ0) is 23.4. The second-order valence-corrected chi connectivity index (χ2v) is 9.37. The number of thioether (sulfide) groups is 1. The number of hydrogen-bond acceptors (Lipinski definition) is 7. The van der Waals surface area contributed by atoms with Crippen LogP contribution in [0.1, 0.15) is 19.4 Å². The summed E-state index contributed by atoms with van der Waals surface area (Å²) in [5, 5.41) is 0.792. The van der Waals surface area contributed by atoms with Gasteiger partial charge >= 0.3 is 5.97 Å². The highest BCUT2D eigenvalue weighted by Crippen LogP contribution is 2.40. The minimum Gasteiger partial charge on any atom is -0.493 e. The lowest BCUT2D eigenvalue weighted by Gasteiger charge is -2.16. The fraction of sp³-hybridized carbons (Fsp3) is 0.227. The highest BCUT2D eigenvalue weighted by molar-refractivity contribution is 8.27. The number of nitrogens with zero attached hydrogens (tertiary/aromatic N) is 1. The molecule has 6 nitrogen and oxygen atoms in total. The maximum atomic E-state index is 13.0. The number of carbonyl (C=O) groups excluding carboxylic acids is 2. The number of benzene rings is 2. The van der Waals surface area contributed by atoms with Crippen LogP contribution in [0.25, 0.3) is 6.08 Å². The van der Waals surface area contributed by atoms with Crippen LogP contribution in [0, 0.1) is 0 Å². The van der Waals surface area contributed by atoms with Gasteiger partial charge in [-0.2, -0.15) is 0 Å². The fourth-order valence-electron chi connectivity index (χ4n) is 2.82. The lowest BCUT2D eigenvalue weighted by atomic mass is 10.2. The van der Waals surface area contributed by atoms with Crippen LogP contribution in [0.15, 0.2) is 41.3 Å². The number of methoxy groups -OCH3 is 1. The van der Waals surface area contributed by atoms with Gasteiger partial charge in [-0.3, -0.25) is 9.69 Å². The van der Waals surface area contributed by atoms with Crippen molar-refractivity contribution in [3.8, 4) is 11.5 Å². The molecule has 0 unspecified atom stereocenters. The summed E-state index contributed by atoms with van der Waals surface area (Å²) in [5.41, 5.74) is 1.17. The van der Waals surface area contributed by atoms with Gasteiger partial charge in [-0.1, -0.05) is 53.2 Å². The smallest absolute Gasteiger partial charge is 0.344 e. The van der Waals surface area contributed by atoms with Crippen molar-refractivity contribution in [2.75, 3.05) is 18.6 Å². The van der Waals surface area contributed by atoms with Gasteiger partial charge in [0.05, 0.1) is 28.8 Å². The number of halogens is 2. The van der Waals surface area contributed by atoms with E-state index in [1.54, 1.807) is 56.3 Å². The normalized spacial score (nSPS) is 14.9. The molecule has 0 aromatic heterocycles. The summed E-state index contributed by atoms with van der Waals surface area (Å²) < 4.78 is 16.3. The van der Waals surface area contributed by atoms with Gasteiger partial charge in [0.15, 0.2) is 22.4 Å². The average Bonchev–Trinajstić information content (AvgIpc) is 2.99. The molecule has 1 heterocycles. The van der Waals surface area contributed by atoms with Gasteiger partial charge < -0.3 is 14.2 Å². The SMILES string of the molecule is COc1cc(/C=C2/SC(=S)N(c3ccc(Cl)cc3Cl)C2=O)ccc1OCC(=O)OC(C)C. The van der Waals surface area contributed by atoms with Crippen molar-refractivity contribution >= 4 is 75.1 Å². The van der Waals surface area contributed by atoms with Crippen LogP contribution in [-0.4, -0.2) is 36.0 Å². The van der Waals surface area contributed by atoms with E-state index in [4.69, 9.17) is 49.6 Å². The number of anilines is 1. The van der Waals surface area contributed by atoms with Gasteiger partial charge in [0.2, 0.25) is 0 Å². The van der Waals surface area contributed by atoms with Gasteiger partial charge in [-0.05, 0) is 55.8 Å². The molecule has 2 aromatic carbocycles. The number of carbonyl (C=O) groups is 2. The Morgan fingerprint density at radius 1 is 1.19 bits per heavy atom. The van der Waals surface area contributed by atoms with Gasteiger partial charge in [0, 0.05) is 5.02 Å². The summed E-state index contributed by atoms with van der Waals surface area (Å²) in [4.78, 5) is 26.5. The van der Waals surface area contributed by atoms with E-state index in [1.807, 2.05) is 0 Å². The number of ether oxygens (including phenoxy) is 3. The zero-order valence-electron chi connectivity index (χ0n) is 17.4. The van der Waals surface area contributed by atoms with Crippen LogP contribution in [0.5, 0.6) is 11.5 Å². The number of rotatable bonds is 7. The molecule has 1 saturated heterocycles. The van der Waals surface area contributed by atoms with Crippen molar-refractivity contribution in [3.63, 3.8) is 0 Å². The molecule has 0 spiro atoms. The topological polar surface area (TPSA) is 65.1 Å². The molecule has 32 heavy (non-hydrogen) atoms. The second-order valence-electron chi connectivity index (χ2n) is 6.85. The third kappa shape index (κ3) is 5.75. The predicted molar refractivity (Wildman–Crippen MR) is 132 cm³/mol. The molecule has 0 aliphatic carbocycles. The van der Waals surface area contributed by atoms with Crippen LogP contribution in [0.2, 0.25) is 10.0 Å². The van der Waals surface area contributed by atoms with Crippen molar-refractivity contribution in [1.29, 1.82) is 0 Å². The van der Waals surface area contributed by atoms with E-state index < -0.39 is 5.97 Å². The Morgan fingerprint density at radius 2 is 1.94 bits per heavy atom. The van der Waals surface area contributed by atoms with E-state index in [0.717, 1.165) is 0 Å². The van der Waals surface area contributed by atoms with Gasteiger partial charge in [-0.25, -0.2) is 4.79 Å². The van der Waals surface area contributed by atoms with E-state index >= 15 is 0 Å². The van der Waals surface area contributed by atoms with Crippen molar-refractivity contribution < 1.29 is 23.8 Å². The van der Waals surface area contributed by atoms with Gasteiger partial charge in [0.1, 0.15) is 0 Å². The largest absolute Gasteiger partial charge is 0.493 e. The first-order chi connectivity index (χ1) is 15.2. The summed E-state index contributed by atoms with van der Waals surface area (Å²) in [6.07, 6.45) is 1.47. The van der Waals surface area contributed by atoms with Crippen LogP contribution in [0.4, 0.5) is 5.69 Å². The summed E-state index contributed by atoms with van der Waals surface area (Å²) in [5.74, 6) is 0.0220. The third-order valence-electron chi connectivity index (χ3n) is 4.14. The number of amides is 1. The quantitative estimate of drug-likeness (QED) is 0.266. The molecule has 0 N–H and O–H groups in total. The first-order valence-electron chi connectivity index (χ1n) is 9.43. The Labute approximate surface area is 205 Å². The van der Waals surface area contributed by atoms with Crippen LogP contribution in [0.3, 0.4) is 0 Å². The minimum atomic E-state index is -0.476. The summed E-state index contributed by atoms with van der Waals surface area (Å²) in [6, 6.07) is 9.95. The second kappa shape index (κ2) is 10.6. The summed E-state index contributed by atoms with van der Waals surface area (Å²) >= 11 is 18.8. The molecule has 3 rings (SSSR count). The molecular weight excluding hydrogens is 493 g/mol. The molecule has 0 saturated carbocycles. The molecule has 1 amide bonds. The predicted octanol–water partition coefficient (Wildman–Crippen LogP) is 5.74. The van der Waals surface area contributed by atoms with E-state index in [2.05, 4.69) is 0 Å². The van der Waals surface area contributed by atoms with E-state index in [0.29, 0.717) is 42.0 Å². The monoisotopic (exact) mass is 511 g/mol. The molecule has 168 valence electrons. The van der Waals surface area contributed by atoms with Crippen LogP contribution < -0.4 is 14.4 Å². The van der Waals surface area contributed by atoms with Crippen molar-refractivity contribution in [1.82, 2.24) is 0 Å². The Balaban J connectivity index is 1.80. The third-order valence-corrected chi connectivity index (χ3v) is 5.98. The molecular formula is C22H19Cl2NO5S2. The number of esters is 1. The molecule has 10 heteroatoms. The molecule has 1 aliphatic rings. The van der Waals surface area contributed by atoms with Crippen molar-refractivity contribution in [2.45, 2.75) is 20.0 Å². The van der Waals surface area contributed by atoms with Gasteiger partial charge in [-0.15, -0.1) is 0 Å². The molecule has 1 fully saturated rings. The maximum absolute atomic E-state index is 13.0. The Kier molecular flexibility index (Phi) is 8.05. The molecule has 0 radical (unpaired) electrons. The summed E-state index contributed by atoms with van der Waals surface area (Å²) in [6.45, 7) is 3.28. The Bertz CT molecular complexity index is 1100. The minimum absolute atomic E-state index is 0.225. The van der Waals surface area contributed by atoms with Crippen molar-refractivity contribution in [2.24, 2.45) is 0 Å². The number of hydrogen-bond donors (Lipinski definition) is 0. The molecule has 2 aromatic rings. The molecule has 0 bridgehead atoms. The van der Waals surface area contributed by atoms with E-state index in [9.17, 15) is 9.59 Å². The van der Waals surface area contributed by atoms with E-state index in [1.165, 1.54) is 23.8 Å². The fourth-order valence-corrected chi connectivity index (χ4v) is 4.59. The lowest BCUT2D eigenvalue weighted by molar-refractivity contribution is -0.149. The standard InChI is InChI=1S/C22H19Cl2NO5S2/c1-12(2)30-20(26)11-29-17-7-4-13(8-18(17)28-3)9-19-21(27)25(22(31)32-19)16-6-5-14(23)10-15(16)24/h4-10,12H,11H2,1-3H3/b19-9+. The first-order valence-corrected chi connectivity index (χ1v) is 11.4. The highest BCUT2D eigenvalue weighted by atomic mass is 35.5.